The minimum atomic E-state index is -1.28. The number of halogens is 2. The number of aromatic carboxylic acids is 1. The third-order valence-corrected chi connectivity index (χ3v) is 7.57. The fourth-order valence-corrected chi connectivity index (χ4v) is 5.40. The summed E-state index contributed by atoms with van der Waals surface area (Å²) in [5.41, 5.74) is -0.332. The van der Waals surface area contributed by atoms with E-state index in [9.17, 15) is 24.3 Å². The van der Waals surface area contributed by atoms with Crippen molar-refractivity contribution in [2.45, 2.75) is 51.2 Å². The Morgan fingerprint density at radius 1 is 1.33 bits per heavy atom. The van der Waals surface area contributed by atoms with Gasteiger partial charge in [0.1, 0.15) is 22.2 Å². The maximum Gasteiger partial charge on any atom is 0.356 e. The molecule has 0 amide bonds. The topological polar surface area (TPSA) is 130 Å². The van der Waals surface area contributed by atoms with Crippen LogP contribution in [0, 0.1) is 29.5 Å². The molecule has 1 saturated carbocycles. The predicted octanol–water partition coefficient (Wildman–Crippen LogP) is 4.37. The maximum atomic E-state index is 14.7. The number of anilines is 1. The van der Waals surface area contributed by atoms with Gasteiger partial charge >= 0.3 is 5.97 Å². The molecule has 3 aromatic heterocycles. The molecule has 0 radical (unpaired) electrons. The molecule has 5 heterocycles. The second-order valence-corrected chi connectivity index (χ2v) is 9.96. The molecule has 3 aromatic rings. The number of fused-ring (bicyclic) bond motifs is 4. The standard InChI is InChI=1S/C25H23ClFN5O4/c1-13-20(25-7-5-24(11-28,6-8-25)12-36-25)31-21-16(9-15(27)10-32(21)22(13)33)14(2)29-17-3-4-18(26)30-19(17)23(34)35/h3-4,9-10,14,29H,5-8,12H2,1-2H3,(H,34,35)/t14-,24?,25?/m1/s1. The maximum absolute atomic E-state index is 14.7. The van der Waals surface area contributed by atoms with E-state index in [1.165, 1.54) is 22.6 Å². The van der Waals surface area contributed by atoms with Gasteiger partial charge in [0.05, 0.1) is 35.5 Å². The number of hydrogen-bond donors (Lipinski definition) is 2. The number of nitrogens with one attached hydrogen (secondary N) is 1. The van der Waals surface area contributed by atoms with Gasteiger partial charge in [-0.1, -0.05) is 11.6 Å². The summed E-state index contributed by atoms with van der Waals surface area (Å²) in [6, 6.07) is 5.92. The highest BCUT2D eigenvalue weighted by molar-refractivity contribution is 6.29. The van der Waals surface area contributed by atoms with Crippen molar-refractivity contribution in [3.05, 3.63) is 68.2 Å². The van der Waals surface area contributed by atoms with Gasteiger partial charge in [-0.3, -0.25) is 9.20 Å². The lowest BCUT2D eigenvalue weighted by Crippen LogP contribution is -2.50. The van der Waals surface area contributed by atoms with Crippen LogP contribution in [0.3, 0.4) is 0 Å². The van der Waals surface area contributed by atoms with Crippen LogP contribution in [0.1, 0.15) is 66.0 Å². The van der Waals surface area contributed by atoms with E-state index in [0.29, 0.717) is 42.5 Å². The van der Waals surface area contributed by atoms with Crippen molar-refractivity contribution in [3.8, 4) is 6.07 Å². The number of ether oxygens (including phenoxy) is 1. The Kier molecular flexibility index (Phi) is 5.73. The second-order valence-electron chi connectivity index (χ2n) is 9.57. The Balaban J connectivity index is 1.62. The molecular formula is C25H23ClFN5O4. The summed E-state index contributed by atoms with van der Waals surface area (Å²) in [6.07, 6.45) is 3.52. The van der Waals surface area contributed by atoms with Crippen molar-refractivity contribution in [2.24, 2.45) is 5.41 Å². The first-order valence-corrected chi connectivity index (χ1v) is 11.9. The van der Waals surface area contributed by atoms with Crippen LogP contribution in [0.2, 0.25) is 5.15 Å². The quantitative estimate of drug-likeness (QED) is 0.483. The largest absolute Gasteiger partial charge is 0.476 e. The first kappa shape index (κ1) is 24.2. The molecule has 0 aromatic carbocycles. The monoisotopic (exact) mass is 511 g/mol. The van der Waals surface area contributed by atoms with Gasteiger partial charge in [0, 0.05) is 17.3 Å². The van der Waals surface area contributed by atoms with Crippen LogP contribution in [0.25, 0.3) is 5.65 Å². The lowest BCUT2D eigenvalue weighted by atomic mass is 9.65. The fourth-order valence-electron chi connectivity index (χ4n) is 5.25. The van der Waals surface area contributed by atoms with Gasteiger partial charge in [0.15, 0.2) is 5.69 Å². The van der Waals surface area contributed by atoms with Gasteiger partial charge in [0.2, 0.25) is 0 Å². The molecule has 1 aliphatic carbocycles. The lowest BCUT2D eigenvalue weighted by molar-refractivity contribution is -0.174. The summed E-state index contributed by atoms with van der Waals surface area (Å²) in [7, 11) is 0. The molecule has 186 valence electrons. The van der Waals surface area contributed by atoms with E-state index in [1.54, 1.807) is 13.8 Å². The summed E-state index contributed by atoms with van der Waals surface area (Å²) < 4.78 is 22.0. The van der Waals surface area contributed by atoms with E-state index in [0.717, 1.165) is 6.20 Å². The predicted molar refractivity (Wildman–Crippen MR) is 129 cm³/mol. The van der Waals surface area contributed by atoms with Crippen LogP contribution in [-0.2, 0) is 10.3 Å². The van der Waals surface area contributed by atoms with Gasteiger partial charge in [-0.05, 0) is 57.7 Å². The highest BCUT2D eigenvalue weighted by Gasteiger charge is 2.52. The number of aromatic nitrogens is 3. The van der Waals surface area contributed by atoms with E-state index in [1.807, 2.05) is 0 Å². The third-order valence-electron chi connectivity index (χ3n) is 7.36. The molecule has 2 N–H and O–H groups in total. The van der Waals surface area contributed by atoms with Crippen LogP contribution in [0.5, 0.6) is 0 Å². The Labute approximate surface area is 210 Å². The van der Waals surface area contributed by atoms with Gasteiger partial charge in [-0.2, -0.15) is 5.26 Å². The van der Waals surface area contributed by atoms with Crippen molar-refractivity contribution >= 4 is 28.9 Å². The third kappa shape index (κ3) is 3.79. The van der Waals surface area contributed by atoms with Crippen molar-refractivity contribution in [1.82, 2.24) is 14.4 Å². The summed E-state index contributed by atoms with van der Waals surface area (Å²) in [4.78, 5) is 33.7. The van der Waals surface area contributed by atoms with Crippen LogP contribution in [-0.4, -0.2) is 32.1 Å². The second kappa shape index (κ2) is 8.54. The summed E-state index contributed by atoms with van der Waals surface area (Å²) >= 11 is 5.86. The molecule has 1 atom stereocenters. The number of rotatable bonds is 5. The number of hydrogen-bond acceptors (Lipinski definition) is 7. The number of carboxylic acids is 1. The molecular weight excluding hydrogens is 489 g/mol. The Bertz CT molecular complexity index is 1490. The number of carbonyl (C=O) groups is 1. The SMILES string of the molecule is Cc1c(C23CCC(C#N)(CC2)CO3)nc2c([C@@H](C)Nc3ccc(Cl)nc3C(=O)O)cc(F)cn2c1=O. The highest BCUT2D eigenvalue weighted by Crippen LogP contribution is 2.53. The van der Waals surface area contributed by atoms with E-state index >= 15 is 0 Å². The zero-order chi connectivity index (χ0) is 25.8. The Morgan fingerprint density at radius 2 is 2.06 bits per heavy atom. The normalized spacial score (nSPS) is 23.9. The molecule has 2 aliphatic heterocycles. The molecule has 3 aliphatic rings. The van der Waals surface area contributed by atoms with Gasteiger partial charge in [-0.25, -0.2) is 19.2 Å². The number of nitriles is 1. The van der Waals surface area contributed by atoms with Gasteiger partial charge < -0.3 is 15.2 Å². The Hall–Kier alpha value is -3.55. The summed E-state index contributed by atoms with van der Waals surface area (Å²) in [6.45, 7) is 3.64. The molecule has 0 unspecified atom stereocenters. The first-order valence-electron chi connectivity index (χ1n) is 11.5. The number of nitrogens with zero attached hydrogens (tertiary/aromatic N) is 4. The van der Waals surface area contributed by atoms with Crippen molar-refractivity contribution < 1.29 is 19.0 Å². The molecule has 0 spiro atoms. The molecule has 3 fully saturated rings. The van der Waals surface area contributed by atoms with Gasteiger partial charge in [-0.15, -0.1) is 0 Å². The minimum Gasteiger partial charge on any atom is -0.476 e. The average molecular weight is 512 g/mol. The van der Waals surface area contributed by atoms with Crippen molar-refractivity contribution in [1.29, 1.82) is 5.26 Å². The van der Waals surface area contributed by atoms with Crippen LogP contribution >= 0.6 is 11.6 Å². The molecule has 11 heteroatoms. The van der Waals surface area contributed by atoms with Crippen molar-refractivity contribution in [2.75, 3.05) is 11.9 Å². The highest BCUT2D eigenvalue weighted by atomic mass is 35.5. The van der Waals surface area contributed by atoms with Crippen molar-refractivity contribution in [3.63, 3.8) is 0 Å². The number of pyridine rings is 2. The van der Waals surface area contributed by atoms with E-state index in [-0.39, 0.29) is 28.8 Å². The smallest absolute Gasteiger partial charge is 0.356 e. The molecule has 6 rings (SSSR count). The summed E-state index contributed by atoms with van der Waals surface area (Å²) in [5, 5.41) is 22.2. The molecule has 2 saturated heterocycles. The number of carboxylic acid groups (broad SMARTS) is 1. The lowest BCUT2D eigenvalue weighted by Gasteiger charge is -2.50. The minimum absolute atomic E-state index is 0.0229. The molecule has 2 bridgehead atoms. The van der Waals surface area contributed by atoms with Crippen LogP contribution in [0.4, 0.5) is 10.1 Å². The van der Waals surface area contributed by atoms with Crippen LogP contribution < -0.4 is 10.9 Å². The molecule has 9 nitrogen and oxygen atoms in total. The van der Waals surface area contributed by atoms with E-state index in [4.69, 9.17) is 21.3 Å². The van der Waals surface area contributed by atoms with Crippen LogP contribution in [0.15, 0.2) is 29.2 Å². The zero-order valence-electron chi connectivity index (χ0n) is 19.6. The zero-order valence-corrected chi connectivity index (χ0v) is 20.4. The Morgan fingerprint density at radius 3 is 2.67 bits per heavy atom. The fraction of sp³-hybridized carbons (Fsp3) is 0.400. The molecule has 36 heavy (non-hydrogen) atoms. The average Bonchev–Trinajstić information content (AvgIpc) is 2.88. The summed E-state index contributed by atoms with van der Waals surface area (Å²) in [5.74, 6) is -1.92. The first-order chi connectivity index (χ1) is 17.1. The van der Waals surface area contributed by atoms with Gasteiger partial charge in [0.25, 0.3) is 5.56 Å². The van der Waals surface area contributed by atoms with E-state index in [2.05, 4.69) is 16.4 Å². The van der Waals surface area contributed by atoms with E-state index < -0.39 is 34.4 Å².